The summed E-state index contributed by atoms with van der Waals surface area (Å²) in [6, 6.07) is 6.35. The van der Waals surface area contributed by atoms with Crippen LogP contribution in [-0.4, -0.2) is 37.5 Å². The van der Waals surface area contributed by atoms with Gasteiger partial charge in [0.15, 0.2) is 11.5 Å². The minimum atomic E-state index is -0.829. The highest BCUT2D eigenvalue weighted by molar-refractivity contribution is 8.12. The maximum Gasteiger partial charge on any atom is 0.364 e. The van der Waals surface area contributed by atoms with Crippen LogP contribution in [0.15, 0.2) is 53.8 Å². The first-order valence-electron chi connectivity index (χ1n) is 13.6. The van der Waals surface area contributed by atoms with E-state index in [0.717, 1.165) is 42.0 Å². The molecule has 6 heteroatoms. The van der Waals surface area contributed by atoms with Gasteiger partial charge in [-0.3, -0.25) is 0 Å². The molecule has 5 nitrogen and oxygen atoms in total. The number of carbonyl (C=O) groups is 1. The third kappa shape index (κ3) is 13.1. The quantitative estimate of drug-likeness (QED) is 0.390. The number of benzene rings is 1. The van der Waals surface area contributed by atoms with Gasteiger partial charge in [-0.25, -0.2) is 4.79 Å². The molecule has 2 aliphatic rings. The van der Waals surface area contributed by atoms with Crippen molar-refractivity contribution in [3.05, 3.63) is 59.4 Å². The van der Waals surface area contributed by atoms with Crippen LogP contribution in [-0.2, 0) is 4.74 Å². The van der Waals surface area contributed by atoms with Gasteiger partial charge in [0.2, 0.25) is 0 Å². The van der Waals surface area contributed by atoms with E-state index >= 15 is 0 Å². The van der Waals surface area contributed by atoms with Crippen LogP contribution < -0.4 is 9.47 Å². The molecule has 3 atom stereocenters. The Bertz CT molecular complexity index is 829. The molecular weight excluding hydrogens is 484 g/mol. The van der Waals surface area contributed by atoms with Gasteiger partial charge in [0, 0.05) is 6.42 Å². The number of thioether (sulfide) groups is 1. The van der Waals surface area contributed by atoms with E-state index in [1.165, 1.54) is 30.2 Å². The van der Waals surface area contributed by atoms with E-state index in [1.54, 1.807) is 14.2 Å². The molecule has 3 unspecified atom stereocenters. The Morgan fingerprint density at radius 2 is 1.59 bits per heavy atom. The van der Waals surface area contributed by atoms with Gasteiger partial charge in [-0.1, -0.05) is 72.8 Å². The molecule has 0 saturated heterocycles. The van der Waals surface area contributed by atoms with Crippen LogP contribution >= 0.6 is 11.8 Å². The second kappa shape index (κ2) is 22.8. The summed E-state index contributed by atoms with van der Waals surface area (Å²) in [6.45, 7) is 17.1. The fourth-order valence-electron chi connectivity index (χ4n) is 4.26. The van der Waals surface area contributed by atoms with Crippen molar-refractivity contribution in [2.24, 2.45) is 11.8 Å². The summed E-state index contributed by atoms with van der Waals surface area (Å²) in [6.07, 6.45) is 13.7. The molecule has 1 saturated carbocycles. The summed E-state index contributed by atoms with van der Waals surface area (Å²) in [5.74, 6) is 4.47. The van der Waals surface area contributed by atoms with Gasteiger partial charge in [0.05, 0.1) is 26.6 Å². The van der Waals surface area contributed by atoms with Crippen molar-refractivity contribution in [2.45, 2.75) is 80.6 Å². The van der Waals surface area contributed by atoms with Crippen molar-refractivity contribution < 1.29 is 24.1 Å². The van der Waals surface area contributed by atoms with Gasteiger partial charge in [-0.15, -0.1) is 0 Å². The molecule has 2 aliphatic carbocycles. The molecule has 0 amide bonds. The van der Waals surface area contributed by atoms with Crippen molar-refractivity contribution in [3.63, 3.8) is 0 Å². The Hall–Kier alpha value is -2.34. The lowest BCUT2D eigenvalue weighted by Gasteiger charge is -2.16. The molecule has 0 bridgehead atoms. The standard InChI is InChI=1S/C23H30O3.C2H4O2S.3C2H6/c1-5-26-20-8-6-7-17(9-11-20)21-14-19(13-16(21)2)18-10-12-22(24-3)23(15-18)25-4;1-5-2(3)4;3*1-2/h6-7,9-12,15-16,19,21H,5,8,13-14H2,1-4H3;1H3,(H,3,4);3*1-2H3. The van der Waals surface area contributed by atoms with E-state index in [9.17, 15) is 4.79 Å². The van der Waals surface area contributed by atoms with E-state index in [2.05, 4.69) is 43.4 Å². The summed E-state index contributed by atoms with van der Waals surface area (Å²) in [5.41, 5.74) is 2.77. The van der Waals surface area contributed by atoms with Crippen molar-refractivity contribution >= 4 is 17.1 Å². The number of hydrogen-bond acceptors (Lipinski definition) is 5. The molecule has 212 valence electrons. The van der Waals surface area contributed by atoms with Crippen LogP contribution in [0.3, 0.4) is 0 Å². The van der Waals surface area contributed by atoms with Gasteiger partial charge >= 0.3 is 5.30 Å². The maximum atomic E-state index is 9.33. The number of rotatable bonds is 6. The van der Waals surface area contributed by atoms with E-state index in [1.807, 2.05) is 54.5 Å². The first kappa shape index (κ1) is 36.8. The monoisotopic (exact) mass is 536 g/mol. The molecule has 0 aromatic heterocycles. The Labute approximate surface area is 231 Å². The van der Waals surface area contributed by atoms with Gasteiger partial charge < -0.3 is 19.3 Å². The number of allylic oxidation sites excluding steroid dienone is 5. The van der Waals surface area contributed by atoms with Crippen LogP contribution in [0.1, 0.15) is 86.1 Å². The summed E-state index contributed by atoms with van der Waals surface area (Å²) < 4.78 is 16.5. The largest absolute Gasteiger partial charge is 0.498 e. The van der Waals surface area contributed by atoms with Gasteiger partial charge in [-0.05, 0) is 84.9 Å². The molecule has 1 aromatic carbocycles. The highest BCUT2D eigenvalue weighted by atomic mass is 32.2. The molecule has 1 aromatic rings. The normalized spacial score (nSPS) is 19.3. The minimum Gasteiger partial charge on any atom is -0.498 e. The van der Waals surface area contributed by atoms with Crippen LogP contribution in [0.5, 0.6) is 11.5 Å². The van der Waals surface area contributed by atoms with Crippen molar-refractivity contribution in [3.8, 4) is 11.5 Å². The molecule has 1 N–H and O–H groups in total. The molecular formula is C31H52O5S. The predicted molar refractivity (Wildman–Crippen MR) is 161 cm³/mol. The fraction of sp³-hybridized carbons (Fsp3) is 0.581. The number of methoxy groups -OCH3 is 2. The Balaban J connectivity index is 0. The van der Waals surface area contributed by atoms with E-state index < -0.39 is 5.30 Å². The zero-order valence-corrected chi connectivity index (χ0v) is 25.9. The molecule has 0 heterocycles. The number of carboxylic acid groups (broad SMARTS) is 1. The SMILES string of the molecule is CC.CC.CC.CCOC1=CC=C(C2CC(c3ccc(OC)c(OC)c3)CC2C)C=CC1.CSC(=O)O. The summed E-state index contributed by atoms with van der Waals surface area (Å²) >= 11 is 0.796. The average molecular weight is 537 g/mol. The fourth-order valence-corrected chi connectivity index (χ4v) is 4.26. The molecule has 0 spiro atoms. The minimum absolute atomic E-state index is 0.558. The molecule has 1 fully saturated rings. The van der Waals surface area contributed by atoms with E-state index in [-0.39, 0.29) is 0 Å². The zero-order valence-electron chi connectivity index (χ0n) is 25.1. The lowest BCUT2D eigenvalue weighted by molar-refractivity contribution is 0.222. The van der Waals surface area contributed by atoms with Gasteiger partial charge in [0.1, 0.15) is 0 Å². The Kier molecular flexibility index (Phi) is 22.7. The highest BCUT2D eigenvalue weighted by Crippen LogP contribution is 2.47. The van der Waals surface area contributed by atoms with Crippen molar-refractivity contribution in [1.82, 2.24) is 0 Å². The molecule has 37 heavy (non-hydrogen) atoms. The van der Waals surface area contributed by atoms with Crippen LogP contribution in [0.4, 0.5) is 4.79 Å². The average Bonchev–Trinajstić information content (AvgIpc) is 3.19. The second-order valence-electron chi connectivity index (χ2n) is 7.68. The molecule has 0 radical (unpaired) electrons. The van der Waals surface area contributed by atoms with Crippen molar-refractivity contribution in [2.75, 3.05) is 27.1 Å². The maximum absolute atomic E-state index is 9.33. The van der Waals surface area contributed by atoms with Crippen molar-refractivity contribution in [1.29, 1.82) is 0 Å². The third-order valence-electron chi connectivity index (χ3n) is 5.78. The lowest BCUT2D eigenvalue weighted by atomic mass is 9.89. The first-order chi connectivity index (χ1) is 17.9. The van der Waals surface area contributed by atoms with Gasteiger partial charge in [-0.2, -0.15) is 0 Å². The number of hydrogen-bond donors (Lipinski definition) is 1. The van der Waals surface area contributed by atoms with E-state index in [0.29, 0.717) is 17.8 Å². The first-order valence-corrected chi connectivity index (χ1v) is 14.8. The van der Waals surface area contributed by atoms with Crippen LogP contribution in [0.25, 0.3) is 0 Å². The van der Waals surface area contributed by atoms with Gasteiger partial charge in [0.25, 0.3) is 0 Å². The topological polar surface area (TPSA) is 65.0 Å². The third-order valence-corrected chi connectivity index (χ3v) is 6.13. The number of ether oxygens (including phenoxy) is 3. The van der Waals surface area contributed by atoms with E-state index in [4.69, 9.17) is 19.3 Å². The van der Waals surface area contributed by atoms with Crippen LogP contribution in [0.2, 0.25) is 0 Å². The van der Waals surface area contributed by atoms with Crippen LogP contribution in [0, 0.1) is 11.8 Å². The smallest absolute Gasteiger partial charge is 0.364 e. The summed E-state index contributed by atoms with van der Waals surface area (Å²) in [7, 11) is 3.38. The Morgan fingerprint density at radius 3 is 2.11 bits per heavy atom. The Morgan fingerprint density at radius 1 is 1.00 bits per heavy atom. The summed E-state index contributed by atoms with van der Waals surface area (Å²) in [5, 5.41) is 6.86. The lowest BCUT2D eigenvalue weighted by Crippen LogP contribution is -2.05. The second-order valence-corrected chi connectivity index (χ2v) is 8.43. The highest BCUT2D eigenvalue weighted by Gasteiger charge is 2.34. The zero-order chi connectivity index (χ0) is 28.8. The molecule has 3 rings (SSSR count). The predicted octanol–water partition coefficient (Wildman–Crippen LogP) is 9.75. The molecule has 0 aliphatic heterocycles. The summed E-state index contributed by atoms with van der Waals surface area (Å²) in [4.78, 5) is 9.33.